The summed E-state index contributed by atoms with van der Waals surface area (Å²) in [7, 11) is 0. The zero-order chi connectivity index (χ0) is 10.4. The molecule has 4 N–H and O–H groups in total. The number of hydrogen-bond acceptors (Lipinski definition) is 3. The molecule has 0 bridgehead atoms. The second-order valence-corrected chi connectivity index (χ2v) is 3.54. The standard InChI is InChI=1S/C10H15ClN2O/c11-9-3-1-2-4-10(9)13-7-8(12)5-6-14/h1-4,8,13-14H,5-7,12H2. The van der Waals surface area contributed by atoms with Gasteiger partial charge in [0.2, 0.25) is 0 Å². The molecule has 0 amide bonds. The molecule has 1 unspecified atom stereocenters. The van der Waals surface area contributed by atoms with E-state index in [4.69, 9.17) is 22.4 Å². The number of halogens is 1. The maximum atomic E-state index is 8.65. The first-order valence-electron chi connectivity index (χ1n) is 4.59. The largest absolute Gasteiger partial charge is 0.396 e. The monoisotopic (exact) mass is 214 g/mol. The van der Waals surface area contributed by atoms with Crippen molar-refractivity contribution in [3.63, 3.8) is 0 Å². The van der Waals surface area contributed by atoms with Crippen LogP contribution >= 0.6 is 11.6 Å². The third-order valence-corrected chi connectivity index (χ3v) is 2.26. The van der Waals surface area contributed by atoms with Crippen molar-refractivity contribution in [2.45, 2.75) is 12.5 Å². The van der Waals surface area contributed by atoms with E-state index < -0.39 is 0 Å². The van der Waals surface area contributed by atoms with Gasteiger partial charge in [-0.05, 0) is 18.6 Å². The van der Waals surface area contributed by atoms with Crippen LogP contribution < -0.4 is 11.1 Å². The topological polar surface area (TPSA) is 58.3 Å². The smallest absolute Gasteiger partial charge is 0.0637 e. The highest BCUT2D eigenvalue weighted by Gasteiger charge is 2.02. The number of nitrogens with two attached hydrogens (primary N) is 1. The Hall–Kier alpha value is -0.770. The first-order chi connectivity index (χ1) is 6.74. The molecule has 0 aromatic heterocycles. The van der Waals surface area contributed by atoms with Crippen LogP contribution in [0.1, 0.15) is 6.42 Å². The fourth-order valence-electron chi connectivity index (χ4n) is 1.11. The van der Waals surface area contributed by atoms with Crippen LogP contribution in [0.4, 0.5) is 5.69 Å². The Morgan fingerprint density at radius 3 is 2.79 bits per heavy atom. The second-order valence-electron chi connectivity index (χ2n) is 3.13. The van der Waals surface area contributed by atoms with Crippen molar-refractivity contribution in [2.75, 3.05) is 18.5 Å². The minimum atomic E-state index is -0.0451. The Balaban J connectivity index is 2.41. The first kappa shape index (κ1) is 11.3. The summed E-state index contributed by atoms with van der Waals surface area (Å²) in [4.78, 5) is 0. The van der Waals surface area contributed by atoms with Crippen LogP contribution in [0, 0.1) is 0 Å². The molecule has 1 aromatic carbocycles. The lowest BCUT2D eigenvalue weighted by Gasteiger charge is -2.13. The third kappa shape index (κ3) is 3.54. The zero-order valence-electron chi connectivity index (χ0n) is 7.91. The fourth-order valence-corrected chi connectivity index (χ4v) is 1.32. The number of hydrogen-bond donors (Lipinski definition) is 3. The Kier molecular flexibility index (Phi) is 4.73. The predicted octanol–water partition coefficient (Wildman–Crippen LogP) is 1.46. The molecule has 0 spiro atoms. The number of anilines is 1. The van der Waals surface area contributed by atoms with Gasteiger partial charge >= 0.3 is 0 Å². The number of aliphatic hydroxyl groups is 1. The molecule has 0 aliphatic rings. The van der Waals surface area contributed by atoms with Gasteiger partial charge in [-0.25, -0.2) is 0 Å². The van der Waals surface area contributed by atoms with Gasteiger partial charge < -0.3 is 16.2 Å². The fraction of sp³-hybridized carbons (Fsp3) is 0.400. The molecular weight excluding hydrogens is 200 g/mol. The van der Waals surface area contributed by atoms with Crippen molar-refractivity contribution in [1.82, 2.24) is 0 Å². The summed E-state index contributed by atoms with van der Waals surface area (Å²) in [5.41, 5.74) is 6.59. The maximum absolute atomic E-state index is 8.65. The summed E-state index contributed by atoms with van der Waals surface area (Å²) in [5.74, 6) is 0. The molecule has 0 aliphatic heterocycles. The molecule has 3 nitrogen and oxygen atoms in total. The Labute approximate surface area is 88.9 Å². The molecule has 1 rings (SSSR count). The Bertz CT molecular complexity index is 281. The highest BCUT2D eigenvalue weighted by atomic mass is 35.5. The first-order valence-corrected chi connectivity index (χ1v) is 4.96. The van der Waals surface area contributed by atoms with E-state index in [1.807, 2.05) is 24.3 Å². The number of rotatable bonds is 5. The predicted molar refractivity (Wildman–Crippen MR) is 59.6 cm³/mol. The molecule has 0 saturated carbocycles. The molecule has 1 aromatic rings. The summed E-state index contributed by atoms with van der Waals surface area (Å²) >= 11 is 5.93. The van der Waals surface area contributed by atoms with Gasteiger partial charge in [0.1, 0.15) is 0 Å². The van der Waals surface area contributed by atoms with Crippen LogP contribution in [0.2, 0.25) is 5.02 Å². The van der Waals surface area contributed by atoms with Gasteiger partial charge in [0.25, 0.3) is 0 Å². The molecular formula is C10H15ClN2O. The Morgan fingerprint density at radius 1 is 1.43 bits per heavy atom. The molecule has 78 valence electrons. The zero-order valence-corrected chi connectivity index (χ0v) is 8.67. The molecule has 0 saturated heterocycles. The van der Waals surface area contributed by atoms with Gasteiger partial charge in [-0.2, -0.15) is 0 Å². The van der Waals surface area contributed by atoms with E-state index >= 15 is 0 Å². The average molecular weight is 215 g/mol. The summed E-state index contributed by atoms with van der Waals surface area (Å²) in [6.45, 7) is 0.732. The minimum Gasteiger partial charge on any atom is -0.396 e. The Morgan fingerprint density at radius 2 is 2.14 bits per heavy atom. The van der Waals surface area contributed by atoms with Gasteiger partial charge in [-0.15, -0.1) is 0 Å². The SMILES string of the molecule is NC(CCO)CNc1ccccc1Cl. The van der Waals surface area contributed by atoms with Crippen LogP contribution in [-0.2, 0) is 0 Å². The summed E-state index contributed by atoms with van der Waals surface area (Å²) in [6, 6.07) is 7.46. The van der Waals surface area contributed by atoms with Crippen LogP contribution in [0.5, 0.6) is 0 Å². The van der Waals surface area contributed by atoms with E-state index in [0.717, 1.165) is 5.69 Å². The van der Waals surface area contributed by atoms with Gasteiger partial charge in [0.05, 0.1) is 10.7 Å². The van der Waals surface area contributed by atoms with Crippen LogP contribution in [0.3, 0.4) is 0 Å². The van der Waals surface area contributed by atoms with Gasteiger partial charge in [0, 0.05) is 19.2 Å². The summed E-state index contributed by atoms with van der Waals surface area (Å²) < 4.78 is 0. The average Bonchev–Trinajstić information content (AvgIpc) is 2.17. The lowest BCUT2D eigenvalue weighted by atomic mass is 10.2. The normalized spacial score (nSPS) is 12.5. The van der Waals surface area contributed by atoms with Crippen LogP contribution in [0.25, 0.3) is 0 Å². The van der Waals surface area contributed by atoms with Crippen molar-refractivity contribution in [2.24, 2.45) is 5.73 Å². The lowest BCUT2D eigenvalue weighted by molar-refractivity contribution is 0.277. The number of nitrogens with one attached hydrogen (secondary N) is 1. The van der Waals surface area contributed by atoms with Crippen molar-refractivity contribution < 1.29 is 5.11 Å². The number of para-hydroxylation sites is 1. The van der Waals surface area contributed by atoms with Gasteiger partial charge in [0.15, 0.2) is 0 Å². The third-order valence-electron chi connectivity index (χ3n) is 1.93. The van der Waals surface area contributed by atoms with Crippen molar-refractivity contribution >= 4 is 17.3 Å². The highest BCUT2D eigenvalue weighted by Crippen LogP contribution is 2.20. The molecule has 14 heavy (non-hydrogen) atoms. The molecule has 4 heteroatoms. The van der Waals surface area contributed by atoms with Gasteiger partial charge in [-0.1, -0.05) is 23.7 Å². The van der Waals surface area contributed by atoms with E-state index in [0.29, 0.717) is 18.0 Å². The van der Waals surface area contributed by atoms with Crippen molar-refractivity contribution in [3.05, 3.63) is 29.3 Å². The molecule has 0 heterocycles. The van der Waals surface area contributed by atoms with E-state index in [2.05, 4.69) is 5.32 Å². The molecule has 0 aliphatic carbocycles. The van der Waals surface area contributed by atoms with E-state index in [1.54, 1.807) is 0 Å². The lowest BCUT2D eigenvalue weighted by Crippen LogP contribution is -2.30. The molecule has 0 fully saturated rings. The summed E-state index contributed by atoms with van der Waals surface area (Å²) in [6.07, 6.45) is 0.595. The van der Waals surface area contributed by atoms with Crippen LogP contribution in [0.15, 0.2) is 24.3 Å². The van der Waals surface area contributed by atoms with E-state index in [-0.39, 0.29) is 12.6 Å². The van der Waals surface area contributed by atoms with E-state index in [9.17, 15) is 0 Å². The van der Waals surface area contributed by atoms with E-state index in [1.165, 1.54) is 0 Å². The van der Waals surface area contributed by atoms with Crippen molar-refractivity contribution in [1.29, 1.82) is 0 Å². The maximum Gasteiger partial charge on any atom is 0.0637 e. The summed E-state index contributed by atoms with van der Waals surface area (Å²) in [5, 5.41) is 12.5. The highest BCUT2D eigenvalue weighted by molar-refractivity contribution is 6.33. The molecule has 0 radical (unpaired) electrons. The van der Waals surface area contributed by atoms with Gasteiger partial charge in [-0.3, -0.25) is 0 Å². The van der Waals surface area contributed by atoms with Crippen LogP contribution in [-0.4, -0.2) is 24.3 Å². The molecule has 1 atom stereocenters. The quantitative estimate of drug-likeness (QED) is 0.696. The second kappa shape index (κ2) is 5.86. The number of benzene rings is 1. The minimum absolute atomic E-state index is 0.0451. The van der Waals surface area contributed by atoms with Crippen molar-refractivity contribution in [3.8, 4) is 0 Å². The number of aliphatic hydroxyl groups excluding tert-OH is 1.